The lowest BCUT2D eigenvalue weighted by Gasteiger charge is -2.34. The van der Waals surface area contributed by atoms with Crippen molar-refractivity contribution in [3.63, 3.8) is 0 Å². The van der Waals surface area contributed by atoms with Gasteiger partial charge in [-0.25, -0.2) is 0 Å². The van der Waals surface area contributed by atoms with Crippen molar-refractivity contribution in [2.45, 2.75) is 51.1 Å². The Kier molecular flexibility index (Phi) is 5.22. The highest BCUT2D eigenvalue weighted by atomic mass is 16.2. The summed E-state index contributed by atoms with van der Waals surface area (Å²) in [5, 5.41) is 3.76. The van der Waals surface area contributed by atoms with Gasteiger partial charge in [-0.15, -0.1) is 0 Å². The Hall–Kier alpha value is -0.610. The smallest absolute Gasteiger partial charge is 0.236 e. The first-order valence-electron chi connectivity index (χ1n) is 7.73. The Morgan fingerprint density at radius 3 is 2.42 bits per heavy atom. The number of nitrogens with one attached hydrogen (secondary N) is 1. The van der Waals surface area contributed by atoms with Gasteiger partial charge in [0, 0.05) is 39.3 Å². The zero-order valence-electron chi connectivity index (χ0n) is 12.7. The highest BCUT2D eigenvalue weighted by Crippen LogP contribution is 2.33. The average molecular weight is 267 g/mol. The highest BCUT2D eigenvalue weighted by molar-refractivity contribution is 5.77. The third-order valence-electron chi connectivity index (χ3n) is 4.35. The number of rotatable bonds is 6. The molecule has 110 valence electrons. The fraction of sp³-hybridized carbons (Fsp3) is 0.933. The van der Waals surface area contributed by atoms with Crippen molar-refractivity contribution in [2.75, 3.05) is 33.7 Å². The molecule has 4 heteroatoms. The van der Waals surface area contributed by atoms with E-state index < -0.39 is 0 Å². The van der Waals surface area contributed by atoms with Gasteiger partial charge in [-0.1, -0.05) is 12.8 Å². The van der Waals surface area contributed by atoms with Crippen LogP contribution in [0, 0.1) is 5.92 Å². The molecule has 0 bridgehead atoms. The number of hydrogen-bond acceptors (Lipinski definition) is 3. The lowest BCUT2D eigenvalue weighted by molar-refractivity contribution is -0.130. The zero-order chi connectivity index (χ0) is 13.8. The second kappa shape index (κ2) is 6.71. The largest absolute Gasteiger partial charge is 0.348 e. The predicted molar refractivity (Wildman–Crippen MR) is 78.1 cm³/mol. The SMILES string of the molecule is CC(CC1CC1)NC1CCN(CC(=O)N(C)C)CC1. The first kappa shape index (κ1) is 14.8. The highest BCUT2D eigenvalue weighted by Gasteiger charge is 2.26. The fourth-order valence-corrected chi connectivity index (χ4v) is 2.91. The Bertz CT molecular complexity index is 294. The Labute approximate surface area is 117 Å². The molecule has 0 spiro atoms. The second-order valence-electron chi connectivity index (χ2n) is 6.59. The summed E-state index contributed by atoms with van der Waals surface area (Å²) in [4.78, 5) is 15.6. The van der Waals surface area contributed by atoms with Gasteiger partial charge in [0.25, 0.3) is 0 Å². The molecule has 2 rings (SSSR count). The number of carbonyl (C=O) groups excluding carboxylic acids is 1. The van der Waals surface area contributed by atoms with Gasteiger partial charge >= 0.3 is 0 Å². The van der Waals surface area contributed by atoms with Crippen LogP contribution >= 0.6 is 0 Å². The van der Waals surface area contributed by atoms with Crippen molar-refractivity contribution >= 4 is 5.91 Å². The van der Waals surface area contributed by atoms with E-state index in [1.165, 1.54) is 32.1 Å². The Balaban J connectivity index is 1.62. The number of likely N-dealkylation sites (N-methyl/N-ethyl adjacent to an activating group) is 1. The van der Waals surface area contributed by atoms with Crippen LogP contribution in [0.3, 0.4) is 0 Å². The molecule has 0 aromatic carbocycles. The molecule has 0 aromatic rings. The summed E-state index contributed by atoms with van der Waals surface area (Å²) in [5.41, 5.74) is 0. The summed E-state index contributed by atoms with van der Waals surface area (Å²) in [6, 6.07) is 1.31. The van der Waals surface area contributed by atoms with Gasteiger partial charge in [-0.05, 0) is 32.1 Å². The third-order valence-corrected chi connectivity index (χ3v) is 4.35. The summed E-state index contributed by atoms with van der Waals surface area (Å²) in [6.07, 6.45) is 6.58. The van der Waals surface area contributed by atoms with Crippen molar-refractivity contribution in [2.24, 2.45) is 5.92 Å². The van der Waals surface area contributed by atoms with Gasteiger partial charge in [0.2, 0.25) is 5.91 Å². The lowest BCUT2D eigenvalue weighted by Crippen LogP contribution is -2.47. The molecule has 1 aliphatic carbocycles. The molecule has 1 saturated heterocycles. The fourth-order valence-electron chi connectivity index (χ4n) is 2.91. The van der Waals surface area contributed by atoms with Crippen molar-refractivity contribution in [3.05, 3.63) is 0 Å². The van der Waals surface area contributed by atoms with Crippen LogP contribution < -0.4 is 5.32 Å². The van der Waals surface area contributed by atoms with Gasteiger partial charge in [-0.2, -0.15) is 0 Å². The number of hydrogen-bond donors (Lipinski definition) is 1. The molecule has 1 amide bonds. The molecule has 2 fully saturated rings. The number of amides is 1. The van der Waals surface area contributed by atoms with Crippen LogP contribution in [0.1, 0.15) is 39.0 Å². The summed E-state index contributed by atoms with van der Waals surface area (Å²) in [6.45, 7) is 5.00. The van der Waals surface area contributed by atoms with Gasteiger partial charge in [0.1, 0.15) is 0 Å². The molecular weight excluding hydrogens is 238 g/mol. The van der Waals surface area contributed by atoms with E-state index in [9.17, 15) is 4.79 Å². The van der Waals surface area contributed by atoms with Crippen molar-refractivity contribution in [1.82, 2.24) is 15.1 Å². The van der Waals surface area contributed by atoms with Gasteiger partial charge in [-0.3, -0.25) is 9.69 Å². The van der Waals surface area contributed by atoms with Crippen LogP contribution in [0.15, 0.2) is 0 Å². The molecule has 1 unspecified atom stereocenters. The topological polar surface area (TPSA) is 35.6 Å². The van der Waals surface area contributed by atoms with Crippen molar-refractivity contribution in [3.8, 4) is 0 Å². The van der Waals surface area contributed by atoms with Gasteiger partial charge in [0.05, 0.1) is 6.54 Å². The van der Waals surface area contributed by atoms with E-state index in [0.717, 1.165) is 19.0 Å². The van der Waals surface area contributed by atoms with E-state index >= 15 is 0 Å². The van der Waals surface area contributed by atoms with Gasteiger partial charge in [0.15, 0.2) is 0 Å². The molecule has 0 radical (unpaired) electrons. The van der Waals surface area contributed by atoms with Crippen LogP contribution in [0.25, 0.3) is 0 Å². The second-order valence-corrected chi connectivity index (χ2v) is 6.59. The molecule has 0 aromatic heterocycles. The Morgan fingerprint density at radius 2 is 1.89 bits per heavy atom. The maximum absolute atomic E-state index is 11.7. The third kappa shape index (κ3) is 5.11. The van der Waals surface area contributed by atoms with Crippen LogP contribution in [-0.4, -0.2) is 61.5 Å². The quantitative estimate of drug-likeness (QED) is 0.788. The molecule has 4 nitrogen and oxygen atoms in total. The van der Waals surface area contributed by atoms with E-state index in [1.807, 2.05) is 14.1 Å². The van der Waals surface area contributed by atoms with E-state index in [1.54, 1.807) is 4.90 Å². The average Bonchev–Trinajstić information content (AvgIpc) is 3.15. The van der Waals surface area contributed by atoms with E-state index in [0.29, 0.717) is 18.6 Å². The molecule has 19 heavy (non-hydrogen) atoms. The first-order chi connectivity index (χ1) is 9.04. The molecule has 2 aliphatic rings. The molecular formula is C15H29N3O. The van der Waals surface area contributed by atoms with Crippen LogP contribution in [0.5, 0.6) is 0 Å². The molecule has 1 aliphatic heterocycles. The van der Waals surface area contributed by atoms with E-state index in [-0.39, 0.29) is 5.91 Å². The maximum Gasteiger partial charge on any atom is 0.236 e. The van der Waals surface area contributed by atoms with Crippen molar-refractivity contribution < 1.29 is 4.79 Å². The standard InChI is InChI=1S/C15H29N3O/c1-12(10-13-4-5-13)16-14-6-8-18(9-7-14)11-15(19)17(2)3/h12-14,16H,4-11H2,1-3H3. The summed E-state index contributed by atoms with van der Waals surface area (Å²) >= 11 is 0. The van der Waals surface area contributed by atoms with Gasteiger partial charge < -0.3 is 10.2 Å². The minimum absolute atomic E-state index is 0.216. The van der Waals surface area contributed by atoms with Crippen LogP contribution in [0.2, 0.25) is 0 Å². The van der Waals surface area contributed by atoms with E-state index in [4.69, 9.17) is 0 Å². The number of carbonyl (C=O) groups is 1. The Morgan fingerprint density at radius 1 is 1.26 bits per heavy atom. The van der Waals surface area contributed by atoms with Crippen LogP contribution in [0.4, 0.5) is 0 Å². The van der Waals surface area contributed by atoms with E-state index in [2.05, 4.69) is 17.1 Å². The minimum Gasteiger partial charge on any atom is -0.348 e. The summed E-state index contributed by atoms with van der Waals surface area (Å²) < 4.78 is 0. The molecule has 1 atom stereocenters. The number of nitrogens with zero attached hydrogens (tertiary/aromatic N) is 2. The maximum atomic E-state index is 11.7. The minimum atomic E-state index is 0.216. The summed E-state index contributed by atoms with van der Waals surface area (Å²) in [7, 11) is 3.66. The molecule has 1 saturated carbocycles. The lowest BCUT2D eigenvalue weighted by atomic mass is 10.0. The predicted octanol–water partition coefficient (Wildman–Crippen LogP) is 1.32. The monoisotopic (exact) mass is 267 g/mol. The first-order valence-corrected chi connectivity index (χ1v) is 7.73. The van der Waals surface area contributed by atoms with Crippen LogP contribution in [-0.2, 0) is 4.79 Å². The molecule has 1 heterocycles. The number of piperidine rings is 1. The normalized spacial score (nSPS) is 23.3. The van der Waals surface area contributed by atoms with Crippen molar-refractivity contribution in [1.29, 1.82) is 0 Å². The zero-order valence-corrected chi connectivity index (χ0v) is 12.7. The number of likely N-dealkylation sites (tertiary alicyclic amines) is 1. The molecule has 1 N–H and O–H groups in total. The summed E-state index contributed by atoms with van der Waals surface area (Å²) in [5.74, 6) is 1.22.